The topological polar surface area (TPSA) is 64.7 Å². The first kappa shape index (κ1) is 10.9. The van der Waals surface area contributed by atoms with Gasteiger partial charge in [0.1, 0.15) is 11.5 Å². The molecule has 0 fully saturated rings. The third-order valence-corrected chi connectivity index (χ3v) is 3.38. The molecule has 0 bridgehead atoms. The lowest BCUT2D eigenvalue weighted by molar-refractivity contribution is 1.22. The highest BCUT2D eigenvalue weighted by atomic mass is 32.1. The van der Waals surface area contributed by atoms with Crippen LogP contribution in [0.15, 0.2) is 48.2 Å². The minimum atomic E-state index is 0.427. The van der Waals surface area contributed by atoms with Gasteiger partial charge >= 0.3 is 0 Å². The fraction of sp³-hybridized carbons (Fsp3) is 0. The van der Waals surface area contributed by atoms with Gasteiger partial charge in [0.05, 0.1) is 16.8 Å². The largest absolute Gasteiger partial charge is 0.382 e. The molecule has 3 heterocycles. The average Bonchev–Trinajstić information content (AvgIpc) is 2.93. The van der Waals surface area contributed by atoms with Crippen molar-refractivity contribution >= 4 is 17.2 Å². The van der Waals surface area contributed by atoms with E-state index in [0.29, 0.717) is 5.82 Å². The summed E-state index contributed by atoms with van der Waals surface area (Å²) < 4.78 is 0. The fourth-order valence-corrected chi connectivity index (χ4v) is 2.42. The maximum Gasteiger partial charge on any atom is 0.142 e. The van der Waals surface area contributed by atoms with Crippen LogP contribution >= 0.6 is 11.3 Å². The molecule has 0 spiro atoms. The van der Waals surface area contributed by atoms with Crippen LogP contribution in [-0.4, -0.2) is 15.0 Å². The van der Waals surface area contributed by atoms with E-state index in [2.05, 4.69) is 15.0 Å². The summed E-state index contributed by atoms with van der Waals surface area (Å²) in [4.78, 5) is 13.9. The molecule has 0 saturated carbocycles. The smallest absolute Gasteiger partial charge is 0.142 e. The average molecular weight is 254 g/mol. The molecule has 0 radical (unpaired) electrons. The Morgan fingerprint density at radius 2 is 1.89 bits per heavy atom. The minimum Gasteiger partial charge on any atom is -0.382 e. The Kier molecular flexibility index (Phi) is 2.74. The maximum absolute atomic E-state index is 5.73. The van der Waals surface area contributed by atoms with Gasteiger partial charge in [0.2, 0.25) is 0 Å². The lowest BCUT2D eigenvalue weighted by Crippen LogP contribution is -1.97. The number of hydrogen-bond donors (Lipinski definition) is 1. The van der Waals surface area contributed by atoms with Crippen molar-refractivity contribution in [1.29, 1.82) is 0 Å². The van der Waals surface area contributed by atoms with Gasteiger partial charge in [-0.1, -0.05) is 6.07 Å². The van der Waals surface area contributed by atoms with Gasteiger partial charge in [-0.15, -0.1) is 11.3 Å². The number of nitrogens with two attached hydrogens (primary N) is 1. The van der Waals surface area contributed by atoms with Crippen LogP contribution in [0.25, 0.3) is 21.8 Å². The normalized spacial score (nSPS) is 10.4. The van der Waals surface area contributed by atoms with E-state index in [9.17, 15) is 0 Å². The molecule has 0 aromatic carbocycles. The van der Waals surface area contributed by atoms with Gasteiger partial charge in [0, 0.05) is 18.0 Å². The second-order valence-electron chi connectivity index (χ2n) is 3.71. The first-order chi connectivity index (χ1) is 8.84. The van der Waals surface area contributed by atoms with E-state index in [0.717, 1.165) is 21.8 Å². The van der Waals surface area contributed by atoms with Gasteiger partial charge in [-0.2, -0.15) is 0 Å². The summed E-state index contributed by atoms with van der Waals surface area (Å²) in [6.45, 7) is 0. The molecule has 0 atom stereocenters. The quantitative estimate of drug-likeness (QED) is 0.763. The maximum atomic E-state index is 5.73. The van der Waals surface area contributed by atoms with Crippen LogP contribution in [0.3, 0.4) is 0 Å². The van der Waals surface area contributed by atoms with Gasteiger partial charge in [0.25, 0.3) is 0 Å². The van der Waals surface area contributed by atoms with Gasteiger partial charge in [-0.05, 0) is 23.6 Å². The van der Waals surface area contributed by atoms with Crippen molar-refractivity contribution in [3.8, 4) is 21.8 Å². The molecule has 3 aromatic rings. The summed E-state index contributed by atoms with van der Waals surface area (Å²) in [6, 6.07) is 7.83. The molecule has 4 nitrogen and oxygen atoms in total. The number of aromatic nitrogens is 3. The van der Waals surface area contributed by atoms with Crippen molar-refractivity contribution in [2.45, 2.75) is 0 Å². The van der Waals surface area contributed by atoms with Crippen LogP contribution in [0.1, 0.15) is 0 Å². The van der Waals surface area contributed by atoms with Crippen molar-refractivity contribution < 1.29 is 0 Å². The fourth-order valence-electron chi connectivity index (χ4n) is 1.71. The Morgan fingerprint density at radius 3 is 2.61 bits per heavy atom. The number of hydrogen-bond acceptors (Lipinski definition) is 5. The predicted molar refractivity (Wildman–Crippen MR) is 73.0 cm³/mol. The zero-order chi connectivity index (χ0) is 12.4. The molecule has 3 aromatic heterocycles. The summed E-state index contributed by atoms with van der Waals surface area (Å²) in [5.41, 5.74) is 8.36. The summed E-state index contributed by atoms with van der Waals surface area (Å²) in [6.07, 6.45) is 5.06. The third kappa shape index (κ3) is 1.96. The van der Waals surface area contributed by atoms with E-state index >= 15 is 0 Å². The molecule has 0 amide bonds. The highest BCUT2D eigenvalue weighted by Crippen LogP contribution is 2.31. The molecule has 88 valence electrons. The Bertz CT molecular complexity index is 650. The molecule has 0 aliphatic heterocycles. The van der Waals surface area contributed by atoms with Crippen molar-refractivity contribution in [3.05, 3.63) is 48.2 Å². The highest BCUT2D eigenvalue weighted by Gasteiger charge is 2.11. The third-order valence-electron chi connectivity index (χ3n) is 2.50. The van der Waals surface area contributed by atoms with Crippen molar-refractivity contribution in [2.75, 3.05) is 5.73 Å². The van der Waals surface area contributed by atoms with Crippen LogP contribution in [-0.2, 0) is 0 Å². The molecular weight excluding hydrogens is 244 g/mol. The Balaban J connectivity index is 2.21. The van der Waals surface area contributed by atoms with Crippen molar-refractivity contribution in [2.24, 2.45) is 0 Å². The summed E-state index contributed by atoms with van der Waals surface area (Å²) in [5, 5.41) is 2.01. The molecule has 2 N–H and O–H groups in total. The van der Waals surface area contributed by atoms with E-state index in [4.69, 9.17) is 5.73 Å². The number of nitrogen functional groups attached to an aromatic ring is 1. The molecule has 0 unspecified atom stereocenters. The van der Waals surface area contributed by atoms with Crippen LogP contribution in [0.5, 0.6) is 0 Å². The first-order valence-electron chi connectivity index (χ1n) is 5.41. The zero-order valence-corrected chi connectivity index (χ0v) is 10.3. The van der Waals surface area contributed by atoms with E-state index in [1.54, 1.807) is 29.9 Å². The highest BCUT2D eigenvalue weighted by molar-refractivity contribution is 7.13. The number of thiophene rings is 1. The van der Waals surface area contributed by atoms with E-state index in [1.807, 2.05) is 29.6 Å². The molecule has 3 rings (SSSR count). The van der Waals surface area contributed by atoms with Crippen molar-refractivity contribution in [1.82, 2.24) is 15.0 Å². The second-order valence-corrected chi connectivity index (χ2v) is 4.65. The molecule has 0 saturated heterocycles. The predicted octanol–water partition coefficient (Wildman–Crippen LogP) is 2.85. The lowest BCUT2D eigenvalue weighted by atomic mass is 10.1. The SMILES string of the molecule is Nc1cnc(-c2ccncc2)c(-c2cccs2)n1. The van der Waals surface area contributed by atoms with Crippen LogP contribution < -0.4 is 5.73 Å². The van der Waals surface area contributed by atoms with Gasteiger partial charge < -0.3 is 5.73 Å². The summed E-state index contributed by atoms with van der Waals surface area (Å²) in [5.74, 6) is 0.427. The van der Waals surface area contributed by atoms with Crippen LogP contribution in [0, 0.1) is 0 Å². The lowest BCUT2D eigenvalue weighted by Gasteiger charge is -2.06. The van der Waals surface area contributed by atoms with Crippen LogP contribution in [0.2, 0.25) is 0 Å². The van der Waals surface area contributed by atoms with Crippen LogP contribution in [0.4, 0.5) is 5.82 Å². The van der Waals surface area contributed by atoms with E-state index < -0.39 is 0 Å². The minimum absolute atomic E-state index is 0.427. The monoisotopic (exact) mass is 254 g/mol. The standard InChI is InChI=1S/C13H10N4S/c14-11-8-16-12(9-3-5-15-6-4-9)13(17-11)10-2-1-7-18-10/h1-8H,(H2,14,17). The number of anilines is 1. The number of pyridine rings is 1. The Labute approximate surface area is 108 Å². The number of nitrogens with zero attached hydrogens (tertiary/aromatic N) is 3. The summed E-state index contributed by atoms with van der Waals surface area (Å²) >= 11 is 1.62. The molecule has 0 aliphatic carbocycles. The first-order valence-corrected chi connectivity index (χ1v) is 6.29. The molecule has 5 heteroatoms. The molecular formula is C13H10N4S. The summed E-state index contributed by atoms with van der Waals surface area (Å²) in [7, 11) is 0. The number of rotatable bonds is 2. The Morgan fingerprint density at radius 1 is 1.06 bits per heavy atom. The van der Waals surface area contributed by atoms with Gasteiger partial charge in [-0.3, -0.25) is 9.97 Å². The van der Waals surface area contributed by atoms with E-state index in [1.165, 1.54) is 0 Å². The van der Waals surface area contributed by atoms with Gasteiger partial charge in [-0.25, -0.2) is 4.98 Å². The van der Waals surface area contributed by atoms with E-state index in [-0.39, 0.29) is 0 Å². The van der Waals surface area contributed by atoms with Gasteiger partial charge in [0.15, 0.2) is 0 Å². The Hall–Kier alpha value is -2.27. The molecule has 0 aliphatic rings. The molecule has 18 heavy (non-hydrogen) atoms. The zero-order valence-electron chi connectivity index (χ0n) is 9.45. The van der Waals surface area contributed by atoms with Crippen molar-refractivity contribution in [3.63, 3.8) is 0 Å². The second kappa shape index (κ2) is 4.54.